The third kappa shape index (κ3) is 3.72. The van der Waals surface area contributed by atoms with E-state index in [9.17, 15) is 9.59 Å². The van der Waals surface area contributed by atoms with Crippen LogP contribution < -0.4 is 10.5 Å². The van der Waals surface area contributed by atoms with Gasteiger partial charge in [-0.15, -0.1) is 0 Å². The van der Waals surface area contributed by atoms with Crippen molar-refractivity contribution in [2.24, 2.45) is 7.05 Å². The highest BCUT2D eigenvalue weighted by Gasteiger charge is 2.28. The van der Waals surface area contributed by atoms with Gasteiger partial charge in [0.1, 0.15) is 0 Å². The Hall–Kier alpha value is -2.26. The molecule has 0 saturated carbocycles. The predicted octanol–water partition coefficient (Wildman–Crippen LogP) is 0.523. The monoisotopic (exact) mass is 363 g/mol. The molecule has 8 nitrogen and oxygen atoms in total. The number of hydrogen-bond acceptors (Lipinski definition) is 7. The van der Waals surface area contributed by atoms with E-state index in [-0.39, 0.29) is 17.6 Å². The van der Waals surface area contributed by atoms with Crippen LogP contribution in [0.2, 0.25) is 0 Å². The molecule has 0 spiro atoms. The third-order valence-corrected chi connectivity index (χ3v) is 4.96. The number of hydrogen-bond donors (Lipinski definition) is 0. The van der Waals surface area contributed by atoms with Gasteiger partial charge in [-0.2, -0.15) is 4.37 Å². The lowest BCUT2D eigenvalue weighted by atomic mass is 10.2. The van der Waals surface area contributed by atoms with Gasteiger partial charge in [-0.3, -0.25) is 9.59 Å². The van der Waals surface area contributed by atoms with Gasteiger partial charge in [0.15, 0.2) is 5.82 Å². The molecule has 0 N–H and O–H groups in total. The largest absolute Gasteiger partial charge is 0.373 e. The first-order chi connectivity index (χ1) is 12.0. The second-order valence-electron chi connectivity index (χ2n) is 6.11. The maximum atomic E-state index is 12.6. The van der Waals surface area contributed by atoms with Crippen LogP contribution in [-0.2, 0) is 11.8 Å². The van der Waals surface area contributed by atoms with Crippen LogP contribution in [0.1, 0.15) is 16.1 Å². The van der Waals surface area contributed by atoms with Crippen LogP contribution in [0.3, 0.4) is 0 Å². The Kier molecular flexibility index (Phi) is 5.14. The van der Waals surface area contributed by atoms with Crippen LogP contribution in [0.5, 0.6) is 0 Å². The molecule has 1 fully saturated rings. The molecule has 1 aliphatic rings. The van der Waals surface area contributed by atoms with E-state index in [1.54, 1.807) is 41.7 Å². The fourth-order valence-electron chi connectivity index (χ4n) is 2.82. The number of anilines is 1. The molecule has 1 amide bonds. The van der Waals surface area contributed by atoms with Gasteiger partial charge >= 0.3 is 0 Å². The number of aryl methyl sites for hydroxylation is 2. The minimum absolute atomic E-state index is 0.0176. The summed E-state index contributed by atoms with van der Waals surface area (Å²) >= 11 is 1.29. The summed E-state index contributed by atoms with van der Waals surface area (Å²) in [5, 5.41) is 1.78. The van der Waals surface area contributed by atoms with E-state index in [2.05, 4.69) is 9.36 Å². The van der Waals surface area contributed by atoms with Crippen LogP contribution in [-0.4, -0.2) is 64.1 Å². The van der Waals surface area contributed by atoms with Crippen molar-refractivity contribution in [1.29, 1.82) is 0 Å². The van der Waals surface area contributed by atoms with E-state index in [1.807, 2.05) is 6.92 Å². The Morgan fingerprint density at radius 2 is 2.32 bits per heavy atom. The summed E-state index contributed by atoms with van der Waals surface area (Å²) in [6.45, 7) is 3.83. The maximum Gasteiger partial charge on any atom is 0.293 e. The molecule has 0 bridgehead atoms. The molecule has 3 rings (SSSR count). The number of nitrogens with zero attached hydrogens (tertiary/aromatic N) is 5. The zero-order chi connectivity index (χ0) is 18.0. The van der Waals surface area contributed by atoms with Crippen LogP contribution in [0, 0.1) is 6.92 Å². The molecule has 0 radical (unpaired) electrons. The average Bonchev–Trinajstić information content (AvgIpc) is 3.03. The first kappa shape index (κ1) is 17.6. The van der Waals surface area contributed by atoms with Crippen molar-refractivity contribution in [3.8, 4) is 0 Å². The van der Waals surface area contributed by atoms with Crippen molar-refractivity contribution < 1.29 is 9.53 Å². The van der Waals surface area contributed by atoms with Crippen LogP contribution in [0.25, 0.3) is 0 Å². The van der Waals surface area contributed by atoms with Gasteiger partial charge in [-0.1, -0.05) is 0 Å². The summed E-state index contributed by atoms with van der Waals surface area (Å²) in [4.78, 5) is 32.5. The minimum atomic E-state index is -0.179. The van der Waals surface area contributed by atoms with Gasteiger partial charge in [0.2, 0.25) is 0 Å². The van der Waals surface area contributed by atoms with Crippen LogP contribution >= 0.6 is 11.5 Å². The molecule has 25 heavy (non-hydrogen) atoms. The lowest BCUT2D eigenvalue weighted by Crippen LogP contribution is -2.50. The van der Waals surface area contributed by atoms with E-state index in [0.717, 1.165) is 5.69 Å². The minimum Gasteiger partial charge on any atom is -0.373 e. The molecule has 0 aromatic carbocycles. The van der Waals surface area contributed by atoms with Crippen molar-refractivity contribution in [1.82, 2.24) is 18.8 Å². The van der Waals surface area contributed by atoms with E-state index in [1.165, 1.54) is 16.1 Å². The Morgan fingerprint density at radius 3 is 3.04 bits per heavy atom. The second-order valence-corrected chi connectivity index (χ2v) is 6.73. The molecule has 134 valence electrons. The summed E-state index contributed by atoms with van der Waals surface area (Å²) < 4.78 is 11.4. The standard InChI is InChI=1S/C16H21N5O3S/c1-11-13(10-25-18-11)15(22)21-6-7-24-12(9-21)8-20(3)14-16(23)19(2)5-4-17-14/h4-5,10,12H,6-9H2,1-3H3/t12-/m1/s1. The number of morpholine rings is 1. The summed E-state index contributed by atoms with van der Waals surface area (Å²) in [6, 6.07) is 0. The van der Waals surface area contributed by atoms with Crippen molar-refractivity contribution >= 4 is 23.3 Å². The molecule has 1 aliphatic heterocycles. The highest BCUT2D eigenvalue weighted by Crippen LogP contribution is 2.16. The molecule has 9 heteroatoms. The zero-order valence-corrected chi connectivity index (χ0v) is 15.3. The lowest BCUT2D eigenvalue weighted by Gasteiger charge is -2.35. The van der Waals surface area contributed by atoms with E-state index in [4.69, 9.17) is 4.74 Å². The average molecular weight is 363 g/mol. The molecular formula is C16H21N5O3S. The van der Waals surface area contributed by atoms with Crippen molar-refractivity contribution in [2.45, 2.75) is 13.0 Å². The van der Waals surface area contributed by atoms with Gasteiger partial charge in [0.05, 0.1) is 24.0 Å². The summed E-state index contributed by atoms with van der Waals surface area (Å²) in [5.74, 6) is 0.353. The molecule has 1 atom stereocenters. The number of likely N-dealkylation sites (N-methyl/N-ethyl adjacent to an activating group) is 1. The highest BCUT2D eigenvalue weighted by atomic mass is 32.1. The van der Waals surface area contributed by atoms with E-state index in [0.29, 0.717) is 37.6 Å². The zero-order valence-electron chi connectivity index (χ0n) is 14.5. The topological polar surface area (TPSA) is 80.6 Å². The van der Waals surface area contributed by atoms with Crippen LogP contribution in [0.4, 0.5) is 5.82 Å². The Labute approximate surface area is 149 Å². The van der Waals surface area contributed by atoms with E-state index >= 15 is 0 Å². The number of ether oxygens (including phenoxy) is 1. The molecule has 0 unspecified atom stereocenters. The fourth-order valence-corrected chi connectivity index (χ4v) is 3.51. The number of aromatic nitrogens is 3. The van der Waals surface area contributed by atoms with Gasteiger partial charge in [-0.05, 0) is 18.5 Å². The van der Waals surface area contributed by atoms with Gasteiger partial charge < -0.3 is 19.1 Å². The van der Waals surface area contributed by atoms with Gasteiger partial charge in [0, 0.05) is 51.5 Å². The highest BCUT2D eigenvalue weighted by molar-refractivity contribution is 7.03. The summed E-state index contributed by atoms with van der Waals surface area (Å²) in [6.07, 6.45) is 3.03. The molecule has 2 aromatic heterocycles. The third-order valence-electron chi connectivity index (χ3n) is 4.24. The van der Waals surface area contributed by atoms with Gasteiger partial charge in [-0.25, -0.2) is 4.98 Å². The van der Waals surface area contributed by atoms with Crippen LogP contribution in [0.15, 0.2) is 22.6 Å². The Morgan fingerprint density at radius 1 is 1.52 bits per heavy atom. The lowest BCUT2D eigenvalue weighted by molar-refractivity contribution is -0.0172. The normalized spacial score (nSPS) is 17.6. The summed E-state index contributed by atoms with van der Waals surface area (Å²) in [5.41, 5.74) is 1.25. The molecule has 2 aromatic rings. The first-order valence-electron chi connectivity index (χ1n) is 8.02. The van der Waals surface area contributed by atoms with Crippen molar-refractivity contribution in [3.63, 3.8) is 0 Å². The molecule has 0 aliphatic carbocycles. The molecular weight excluding hydrogens is 342 g/mol. The predicted molar refractivity (Wildman–Crippen MR) is 95.2 cm³/mol. The second kappa shape index (κ2) is 7.32. The maximum absolute atomic E-state index is 12.6. The Balaban J connectivity index is 1.67. The quantitative estimate of drug-likeness (QED) is 0.788. The molecule has 3 heterocycles. The number of carbonyl (C=O) groups excluding carboxylic acids is 1. The number of carbonyl (C=O) groups is 1. The number of rotatable bonds is 4. The SMILES string of the molecule is Cc1nscc1C(=O)N1CCO[C@H](CN(C)c2nccn(C)c2=O)C1. The van der Waals surface area contributed by atoms with E-state index < -0.39 is 0 Å². The Bertz CT molecular complexity index is 818. The van der Waals surface area contributed by atoms with Gasteiger partial charge in [0.25, 0.3) is 11.5 Å². The first-order valence-corrected chi connectivity index (χ1v) is 8.85. The van der Waals surface area contributed by atoms with Crippen molar-refractivity contribution in [2.75, 3.05) is 38.2 Å². The smallest absolute Gasteiger partial charge is 0.293 e. The fraction of sp³-hybridized carbons (Fsp3) is 0.500. The summed E-state index contributed by atoms with van der Waals surface area (Å²) in [7, 11) is 3.50. The molecule has 1 saturated heterocycles. The number of amides is 1. The van der Waals surface area contributed by atoms with Crippen molar-refractivity contribution in [3.05, 3.63) is 39.4 Å².